The second kappa shape index (κ2) is 6.33. The van der Waals surface area contributed by atoms with E-state index in [1.54, 1.807) is 12.1 Å². The van der Waals surface area contributed by atoms with E-state index in [1.165, 1.54) is 12.1 Å². The first-order valence-corrected chi connectivity index (χ1v) is 6.94. The van der Waals surface area contributed by atoms with Gasteiger partial charge in [-0.25, -0.2) is 4.79 Å². The fraction of sp³-hybridized carbons (Fsp3) is 0.0714. The Balaban J connectivity index is 2.02. The minimum atomic E-state index is -4.39. The van der Waals surface area contributed by atoms with Crippen molar-refractivity contribution in [3.05, 3.63) is 57.7 Å². The fourth-order valence-corrected chi connectivity index (χ4v) is 2.11. The predicted octanol–water partition coefficient (Wildman–Crippen LogP) is 4.95. The first-order chi connectivity index (χ1) is 9.86. The summed E-state index contributed by atoms with van der Waals surface area (Å²) in [5.41, 5.74) is 0.153. The summed E-state index contributed by atoms with van der Waals surface area (Å²) >= 11 is 2.07. The lowest BCUT2D eigenvalue weighted by Gasteiger charge is -2.10. The molecule has 0 radical (unpaired) electrons. The number of benzene rings is 2. The quantitative estimate of drug-likeness (QED) is 0.681. The molecule has 0 aliphatic carbocycles. The third kappa shape index (κ3) is 4.35. The van der Waals surface area contributed by atoms with Gasteiger partial charge in [0.05, 0.1) is 11.3 Å². The standard InChI is InChI=1S/C14H10F3IN2O/c15-14(16,17)9-5-7-10(8-6-9)19-13(21)20-12-4-2-1-3-11(12)18/h1-8H,(H2,19,20,21). The van der Waals surface area contributed by atoms with Crippen molar-refractivity contribution in [2.45, 2.75) is 6.18 Å². The molecule has 0 spiro atoms. The van der Waals surface area contributed by atoms with Crippen molar-refractivity contribution in [1.82, 2.24) is 0 Å². The van der Waals surface area contributed by atoms with Crippen molar-refractivity contribution in [2.75, 3.05) is 10.6 Å². The van der Waals surface area contributed by atoms with E-state index in [0.29, 0.717) is 5.69 Å². The maximum atomic E-state index is 12.4. The minimum absolute atomic E-state index is 0.284. The molecular weight excluding hydrogens is 396 g/mol. The highest BCUT2D eigenvalue weighted by atomic mass is 127. The van der Waals surface area contributed by atoms with Gasteiger partial charge in [-0.1, -0.05) is 12.1 Å². The van der Waals surface area contributed by atoms with Gasteiger partial charge in [-0.3, -0.25) is 0 Å². The number of para-hydroxylation sites is 1. The van der Waals surface area contributed by atoms with E-state index in [9.17, 15) is 18.0 Å². The highest BCUT2D eigenvalue weighted by Crippen LogP contribution is 2.29. The lowest BCUT2D eigenvalue weighted by molar-refractivity contribution is -0.137. The summed E-state index contributed by atoms with van der Waals surface area (Å²) in [4.78, 5) is 11.8. The number of nitrogens with one attached hydrogen (secondary N) is 2. The van der Waals surface area contributed by atoms with Crippen molar-refractivity contribution in [1.29, 1.82) is 0 Å². The molecule has 2 aromatic rings. The number of halogens is 4. The van der Waals surface area contributed by atoms with Crippen LogP contribution in [0.3, 0.4) is 0 Å². The minimum Gasteiger partial charge on any atom is -0.308 e. The van der Waals surface area contributed by atoms with Crippen LogP contribution >= 0.6 is 22.6 Å². The van der Waals surface area contributed by atoms with Crippen LogP contribution in [0.4, 0.5) is 29.3 Å². The van der Waals surface area contributed by atoms with Gasteiger partial charge >= 0.3 is 12.2 Å². The van der Waals surface area contributed by atoms with Gasteiger partial charge in [0.1, 0.15) is 0 Å². The van der Waals surface area contributed by atoms with Gasteiger partial charge < -0.3 is 10.6 Å². The molecule has 0 saturated carbocycles. The third-order valence-corrected chi connectivity index (χ3v) is 3.53. The van der Waals surface area contributed by atoms with Crippen LogP contribution in [-0.2, 0) is 6.18 Å². The van der Waals surface area contributed by atoms with Crippen LogP contribution in [0.15, 0.2) is 48.5 Å². The summed E-state index contributed by atoms with van der Waals surface area (Å²) in [6.07, 6.45) is -4.39. The second-order valence-corrected chi connectivity index (χ2v) is 5.30. The number of urea groups is 1. The Morgan fingerprint density at radius 3 is 2.14 bits per heavy atom. The first kappa shape index (κ1) is 15.6. The maximum Gasteiger partial charge on any atom is 0.416 e. The molecule has 2 N–H and O–H groups in total. The van der Waals surface area contributed by atoms with Gasteiger partial charge in [0.2, 0.25) is 0 Å². The van der Waals surface area contributed by atoms with Crippen LogP contribution in [0.25, 0.3) is 0 Å². The lowest BCUT2D eigenvalue weighted by Crippen LogP contribution is -2.20. The molecular formula is C14H10F3IN2O. The topological polar surface area (TPSA) is 41.1 Å². The van der Waals surface area contributed by atoms with Gasteiger partial charge in [0.15, 0.2) is 0 Å². The van der Waals surface area contributed by atoms with Crippen LogP contribution in [0.5, 0.6) is 0 Å². The molecule has 0 aliphatic heterocycles. The molecule has 2 amide bonds. The highest BCUT2D eigenvalue weighted by Gasteiger charge is 2.29. The summed E-state index contributed by atoms with van der Waals surface area (Å²) < 4.78 is 38.1. The molecule has 110 valence electrons. The lowest BCUT2D eigenvalue weighted by atomic mass is 10.2. The van der Waals surface area contributed by atoms with E-state index in [4.69, 9.17) is 0 Å². The molecule has 0 aliphatic rings. The van der Waals surface area contributed by atoms with E-state index in [-0.39, 0.29) is 5.69 Å². The maximum absolute atomic E-state index is 12.4. The van der Waals surface area contributed by atoms with Gasteiger partial charge in [-0.15, -0.1) is 0 Å². The van der Waals surface area contributed by atoms with Gasteiger partial charge in [-0.2, -0.15) is 13.2 Å². The van der Waals surface area contributed by atoms with Crippen LogP contribution in [-0.4, -0.2) is 6.03 Å². The Hall–Kier alpha value is -1.77. The molecule has 0 heterocycles. The average Bonchev–Trinajstić information content (AvgIpc) is 2.41. The molecule has 0 atom stereocenters. The SMILES string of the molecule is O=C(Nc1ccc(C(F)(F)F)cc1)Nc1ccccc1I. The summed E-state index contributed by atoms with van der Waals surface area (Å²) in [6.45, 7) is 0. The highest BCUT2D eigenvalue weighted by molar-refractivity contribution is 14.1. The zero-order valence-corrected chi connectivity index (χ0v) is 12.7. The molecule has 2 aromatic carbocycles. The largest absolute Gasteiger partial charge is 0.416 e. The molecule has 3 nitrogen and oxygen atoms in total. The number of rotatable bonds is 2. The second-order valence-electron chi connectivity index (χ2n) is 4.13. The van der Waals surface area contributed by atoms with E-state index < -0.39 is 17.8 Å². The molecule has 0 unspecified atom stereocenters. The van der Waals surface area contributed by atoms with Crippen LogP contribution in [0.2, 0.25) is 0 Å². The van der Waals surface area contributed by atoms with Crippen molar-refractivity contribution in [2.24, 2.45) is 0 Å². The summed E-state index contributed by atoms with van der Waals surface area (Å²) in [7, 11) is 0. The van der Waals surface area contributed by atoms with Crippen molar-refractivity contribution in [3.63, 3.8) is 0 Å². The number of carbonyl (C=O) groups is 1. The van der Waals surface area contributed by atoms with Crippen LogP contribution in [0, 0.1) is 3.57 Å². The molecule has 0 aromatic heterocycles. The number of amides is 2. The average molecular weight is 406 g/mol. The number of hydrogen-bond acceptors (Lipinski definition) is 1. The molecule has 2 rings (SSSR count). The van der Waals surface area contributed by atoms with Gasteiger partial charge in [0.25, 0.3) is 0 Å². The Morgan fingerprint density at radius 2 is 1.57 bits per heavy atom. The number of carbonyl (C=O) groups excluding carboxylic acids is 1. The van der Waals surface area contributed by atoms with E-state index in [0.717, 1.165) is 15.7 Å². The number of hydrogen-bond donors (Lipinski definition) is 2. The fourth-order valence-electron chi connectivity index (χ4n) is 1.59. The molecule has 0 bridgehead atoms. The summed E-state index contributed by atoms with van der Waals surface area (Å²) in [6, 6.07) is 10.9. The smallest absolute Gasteiger partial charge is 0.308 e. The summed E-state index contributed by atoms with van der Waals surface area (Å²) in [5.74, 6) is 0. The molecule has 7 heteroatoms. The van der Waals surface area contributed by atoms with Crippen molar-refractivity contribution < 1.29 is 18.0 Å². The monoisotopic (exact) mass is 406 g/mol. The molecule has 21 heavy (non-hydrogen) atoms. The van der Waals surface area contributed by atoms with Crippen LogP contribution < -0.4 is 10.6 Å². The summed E-state index contributed by atoms with van der Waals surface area (Å²) in [5, 5.41) is 5.10. The zero-order chi connectivity index (χ0) is 15.5. The number of anilines is 2. The number of alkyl halides is 3. The van der Waals surface area contributed by atoms with E-state index in [2.05, 4.69) is 33.2 Å². The Bertz CT molecular complexity index is 641. The third-order valence-electron chi connectivity index (χ3n) is 2.59. The Kier molecular flexibility index (Phi) is 4.71. The molecule has 0 saturated heterocycles. The van der Waals surface area contributed by atoms with Gasteiger partial charge in [-0.05, 0) is 59.0 Å². The van der Waals surface area contributed by atoms with E-state index >= 15 is 0 Å². The van der Waals surface area contributed by atoms with Crippen molar-refractivity contribution >= 4 is 40.0 Å². The zero-order valence-electron chi connectivity index (χ0n) is 10.5. The van der Waals surface area contributed by atoms with Gasteiger partial charge in [0, 0.05) is 9.26 Å². The first-order valence-electron chi connectivity index (χ1n) is 5.86. The van der Waals surface area contributed by atoms with Crippen molar-refractivity contribution in [3.8, 4) is 0 Å². The Morgan fingerprint density at radius 1 is 0.952 bits per heavy atom. The normalized spacial score (nSPS) is 11.0. The predicted molar refractivity (Wildman–Crippen MR) is 83.2 cm³/mol. The van der Waals surface area contributed by atoms with E-state index in [1.807, 2.05) is 12.1 Å². The van der Waals surface area contributed by atoms with Crippen LogP contribution in [0.1, 0.15) is 5.56 Å². The Labute approximate surface area is 132 Å². The molecule has 0 fully saturated rings.